The molecule has 1 unspecified atom stereocenters. The van der Waals surface area contributed by atoms with Crippen molar-refractivity contribution in [1.29, 1.82) is 0 Å². The number of aryl methyl sites for hydroxylation is 3. The first kappa shape index (κ1) is 18.4. The van der Waals surface area contributed by atoms with Gasteiger partial charge in [-0.25, -0.2) is 0 Å². The van der Waals surface area contributed by atoms with Gasteiger partial charge in [-0.3, -0.25) is 4.79 Å². The van der Waals surface area contributed by atoms with Crippen LogP contribution in [0.5, 0.6) is 5.75 Å². The van der Waals surface area contributed by atoms with E-state index in [9.17, 15) is 4.79 Å². The Labute approximate surface area is 148 Å². The molecule has 0 fully saturated rings. The van der Waals surface area contributed by atoms with E-state index in [0.717, 1.165) is 16.2 Å². The van der Waals surface area contributed by atoms with Crippen molar-refractivity contribution in [3.8, 4) is 5.75 Å². The Balaban J connectivity index is 1.74. The largest absolute Gasteiger partial charge is 0.491 e. The fourth-order valence-corrected chi connectivity index (χ4v) is 3.11. The smallest absolute Gasteiger partial charge is 0.233 e. The van der Waals surface area contributed by atoms with E-state index in [1.807, 2.05) is 45.0 Å². The number of thioether (sulfide) groups is 1. The van der Waals surface area contributed by atoms with Gasteiger partial charge in [0.15, 0.2) is 0 Å². The van der Waals surface area contributed by atoms with E-state index in [4.69, 9.17) is 4.74 Å². The molecule has 0 aliphatic carbocycles. The maximum Gasteiger partial charge on any atom is 0.233 e. The van der Waals surface area contributed by atoms with Crippen LogP contribution in [0, 0.1) is 20.8 Å². The van der Waals surface area contributed by atoms with E-state index in [-0.39, 0.29) is 11.2 Å². The molecule has 0 aliphatic heterocycles. The maximum absolute atomic E-state index is 12.2. The summed E-state index contributed by atoms with van der Waals surface area (Å²) >= 11 is 1.57. The van der Waals surface area contributed by atoms with Crippen LogP contribution in [-0.2, 0) is 4.79 Å². The van der Waals surface area contributed by atoms with Gasteiger partial charge in [0, 0.05) is 4.90 Å². The molecule has 0 aromatic heterocycles. The zero-order chi connectivity index (χ0) is 17.5. The molecule has 1 amide bonds. The highest BCUT2D eigenvalue weighted by molar-refractivity contribution is 8.00. The molecule has 0 saturated heterocycles. The van der Waals surface area contributed by atoms with Crippen molar-refractivity contribution in [2.75, 3.05) is 13.2 Å². The number of nitrogens with one attached hydrogen (secondary N) is 1. The fraction of sp³-hybridized carbons (Fsp3) is 0.350. The van der Waals surface area contributed by atoms with Gasteiger partial charge in [0.05, 0.1) is 11.8 Å². The van der Waals surface area contributed by atoms with Crippen LogP contribution in [0.4, 0.5) is 0 Å². The molecule has 24 heavy (non-hydrogen) atoms. The van der Waals surface area contributed by atoms with Gasteiger partial charge >= 0.3 is 0 Å². The van der Waals surface area contributed by atoms with E-state index >= 15 is 0 Å². The average Bonchev–Trinajstić information content (AvgIpc) is 2.56. The van der Waals surface area contributed by atoms with Crippen molar-refractivity contribution in [3.05, 3.63) is 59.2 Å². The number of ether oxygens (including phenoxy) is 1. The summed E-state index contributed by atoms with van der Waals surface area (Å²) in [4.78, 5) is 13.3. The minimum atomic E-state index is -0.131. The summed E-state index contributed by atoms with van der Waals surface area (Å²) in [6.07, 6.45) is 0. The van der Waals surface area contributed by atoms with Crippen molar-refractivity contribution in [2.24, 2.45) is 0 Å². The van der Waals surface area contributed by atoms with Crippen molar-refractivity contribution >= 4 is 17.7 Å². The van der Waals surface area contributed by atoms with Gasteiger partial charge in [0.2, 0.25) is 5.91 Å². The number of carbonyl (C=O) groups excluding carboxylic acids is 1. The Hall–Kier alpha value is -1.94. The topological polar surface area (TPSA) is 38.3 Å². The minimum absolute atomic E-state index is 0.0325. The lowest BCUT2D eigenvalue weighted by Gasteiger charge is -2.13. The fourth-order valence-electron chi connectivity index (χ4n) is 2.22. The zero-order valence-electron chi connectivity index (χ0n) is 14.8. The zero-order valence-corrected chi connectivity index (χ0v) is 15.6. The molecule has 0 radical (unpaired) electrons. The van der Waals surface area contributed by atoms with E-state index in [1.54, 1.807) is 11.8 Å². The average molecular weight is 343 g/mol. The summed E-state index contributed by atoms with van der Waals surface area (Å²) in [6, 6.07) is 14.3. The number of hydrogen-bond donors (Lipinski definition) is 1. The summed E-state index contributed by atoms with van der Waals surface area (Å²) in [6.45, 7) is 9.01. The lowest BCUT2D eigenvalue weighted by atomic mass is 10.1. The summed E-state index contributed by atoms with van der Waals surface area (Å²) in [5.41, 5.74) is 3.50. The molecule has 3 nitrogen and oxygen atoms in total. The molecule has 0 bridgehead atoms. The van der Waals surface area contributed by atoms with Gasteiger partial charge < -0.3 is 10.1 Å². The highest BCUT2D eigenvalue weighted by atomic mass is 32.2. The lowest BCUT2D eigenvalue weighted by Crippen LogP contribution is -2.34. The first-order valence-electron chi connectivity index (χ1n) is 8.17. The van der Waals surface area contributed by atoms with Crippen molar-refractivity contribution < 1.29 is 9.53 Å². The van der Waals surface area contributed by atoms with Gasteiger partial charge in [-0.05, 0) is 57.0 Å². The second-order valence-electron chi connectivity index (χ2n) is 5.98. The standard InChI is InChI=1S/C20H25NO2S/c1-14-6-9-18(10-7-14)24-17(4)20(22)21-11-12-23-19-13-15(2)5-8-16(19)3/h5-10,13,17H,11-12H2,1-4H3,(H,21,22). The molecule has 0 spiro atoms. The molecule has 0 aliphatic rings. The molecule has 1 atom stereocenters. The summed E-state index contributed by atoms with van der Waals surface area (Å²) in [7, 11) is 0. The van der Waals surface area contributed by atoms with Gasteiger partial charge in [-0.15, -0.1) is 11.8 Å². The molecule has 0 saturated carbocycles. The van der Waals surface area contributed by atoms with Crippen molar-refractivity contribution in [3.63, 3.8) is 0 Å². The molecule has 1 N–H and O–H groups in total. The number of amides is 1. The van der Waals surface area contributed by atoms with Crippen molar-refractivity contribution in [2.45, 2.75) is 37.8 Å². The van der Waals surface area contributed by atoms with Crippen LogP contribution < -0.4 is 10.1 Å². The van der Waals surface area contributed by atoms with E-state index in [1.165, 1.54) is 11.1 Å². The van der Waals surface area contributed by atoms with Gasteiger partial charge in [-0.2, -0.15) is 0 Å². The molecular weight excluding hydrogens is 318 g/mol. The molecule has 2 aromatic carbocycles. The normalized spacial score (nSPS) is 11.8. The molecule has 128 valence electrons. The summed E-state index contributed by atoms with van der Waals surface area (Å²) < 4.78 is 5.76. The third kappa shape index (κ3) is 5.60. The molecule has 2 aromatic rings. The summed E-state index contributed by atoms with van der Waals surface area (Å²) in [5, 5.41) is 2.80. The van der Waals surface area contributed by atoms with Crippen LogP contribution in [-0.4, -0.2) is 24.3 Å². The number of benzene rings is 2. The number of rotatable bonds is 7. The third-order valence-electron chi connectivity index (χ3n) is 3.71. The van der Waals surface area contributed by atoms with Crippen LogP contribution in [0.2, 0.25) is 0 Å². The monoisotopic (exact) mass is 343 g/mol. The predicted octanol–water partition coefficient (Wildman–Crippen LogP) is 4.29. The van der Waals surface area contributed by atoms with Gasteiger partial charge in [0.1, 0.15) is 12.4 Å². The highest BCUT2D eigenvalue weighted by Crippen LogP contribution is 2.23. The Morgan fingerprint density at radius 1 is 1.08 bits per heavy atom. The SMILES string of the molecule is Cc1ccc(SC(C)C(=O)NCCOc2cc(C)ccc2C)cc1. The van der Waals surface area contributed by atoms with Crippen LogP contribution in [0.3, 0.4) is 0 Å². The second-order valence-corrected chi connectivity index (χ2v) is 7.40. The van der Waals surface area contributed by atoms with Crippen molar-refractivity contribution in [1.82, 2.24) is 5.32 Å². The quantitative estimate of drug-likeness (QED) is 0.602. The molecular formula is C20H25NO2S. The van der Waals surface area contributed by atoms with E-state index < -0.39 is 0 Å². The molecule has 4 heteroatoms. The predicted molar refractivity (Wildman–Crippen MR) is 101 cm³/mol. The van der Waals surface area contributed by atoms with E-state index in [2.05, 4.69) is 30.4 Å². The molecule has 2 rings (SSSR count). The lowest BCUT2D eigenvalue weighted by molar-refractivity contribution is -0.120. The van der Waals surface area contributed by atoms with E-state index in [0.29, 0.717) is 13.2 Å². The Bertz CT molecular complexity index is 683. The third-order valence-corrected chi connectivity index (χ3v) is 4.82. The van der Waals surface area contributed by atoms with Crippen LogP contribution in [0.15, 0.2) is 47.4 Å². The summed E-state index contributed by atoms with van der Waals surface area (Å²) in [5.74, 6) is 0.913. The number of hydrogen-bond acceptors (Lipinski definition) is 3. The Kier molecular flexibility index (Phi) is 6.73. The first-order chi connectivity index (χ1) is 11.5. The van der Waals surface area contributed by atoms with Gasteiger partial charge in [-0.1, -0.05) is 29.8 Å². The van der Waals surface area contributed by atoms with Crippen LogP contribution >= 0.6 is 11.8 Å². The van der Waals surface area contributed by atoms with Gasteiger partial charge in [0.25, 0.3) is 0 Å². The first-order valence-corrected chi connectivity index (χ1v) is 9.05. The maximum atomic E-state index is 12.2. The van der Waals surface area contributed by atoms with Crippen LogP contribution in [0.1, 0.15) is 23.6 Å². The highest BCUT2D eigenvalue weighted by Gasteiger charge is 2.13. The Morgan fingerprint density at radius 2 is 1.75 bits per heavy atom. The number of carbonyl (C=O) groups is 1. The Morgan fingerprint density at radius 3 is 2.46 bits per heavy atom. The van der Waals surface area contributed by atoms with Crippen LogP contribution in [0.25, 0.3) is 0 Å². The minimum Gasteiger partial charge on any atom is -0.491 e. The second kappa shape index (κ2) is 8.78. The molecule has 0 heterocycles.